The zero-order valence-electron chi connectivity index (χ0n) is 38.7. The summed E-state index contributed by atoms with van der Waals surface area (Å²) in [6.07, 6.45) is 7.98. The van der Waals surface area contributed by atoms with E-state index in [0.717, 1.165) is 10.9 Å². The summed E-state index contributed by atoms with van der Waals surface area (Å²) in [6.45, 7) is 0.844. The Morgan fingerprint density at radius 2 is 1.13 bits per heavy atom. The van der Waals surface area contributed by atoms with Gasteiger partial charge >= 0.3 is 5.97 Å². The van der Waals surface area contributed by atoms with E-state index in [1.807, 2.05) is 24.3 Å². The van der Waals surface area contributed by atoms with E-state index in [9.17, 15) is 43.5 Å². The fourth-order valence-electron chi connectivity index (χ4n) is 7.99. The summed E-state index contributed by atoms with van der Waals surface area (Å²) in [4.78, 5) is 112. The predicted octanol–water partition coefficient (Wildman–Crippen LogP) is -1.81. The minimum absolute atomic E-state index is 0.0283. The molecule has 0 unspecified atom stereocenters. The number of aromatic nitrogens is 1. The number of nitrogens with one attached hydrogen (secondary N) is 7. The Labute approximate surface area is 392 Å². The first kappa shape index (κ1) is 55.6. The smallest absolute Gasteiger partial charge is 0.326 e. The van der Waals surface area contributed by atoms with Gasteiger partial charge in [0.25, 0.3) is 0 Å². The molecule has 1 aliphatic heterocycles. The van der Waals surface area contributed by atoms with E-state index in [2.05, 4.69) is 36.9 Å². The maximum atomic E-state index is 14.4. The number of hydrogen-bond donors (Lipinski definition) is 13. The largest absolute Gasteiger partial charge is 0.480 e. The van der Waals surface area contributed by atoms with Gasteiger partial charge in [0.1, 0.15) is 36.3 Å². The molecule has 0 bridgehead atoms. The SMILES string of the molecule is NCCCC[C@H](NC(=O)[C@H](CCCCN)NC(=O)[C@H](Cc1c[nH]c2ccccc12)NC(=O)[C@H](CCCCN)NC(=O)[C@@H]1CCCCN1C(=O)CNC(=O)[C@H](CCCCN)NC(=O)CN)C(=O)O. The number of amides is 7. The number of benzene rings is 1. The normalized spacial score (nSPS) is 15.9. The van der Waals surface area contributed by atoms with E-state index in [4.69, 9.17) is 28.7 Å². The molecule has 0 aliphatic carbocycles. The van der Waals surface area contributed by atoms with Gasteiger partial charge in [-0.1, -0.05) is 18.2 Å². The molecule has 1 aromatic carbocycles. The number of nitrogens with zero attached hydrogens (tertiary/aromatic N) is 1. The van der Waals surface area contributed by atoms with Crippen molar-refractivity contribution in [3.05, 3.63) is 36.0 Å². The number of likely N-dealkylation sites (tertiary alicyclic amines) is 1. The van der Waals surface area contributed by atoms with Gasteiger partial charge in [0.15, 0.2) is 0 Å². The third-order valence-electron chi connectivity index (χ3n) is 11.8. The van der Waals surface area contributed by atoms with Crippen LogP contribution in [-0.4, -0.2) is 144 Å². The number of carboxylic acid groups (broad SMARTS) is 1. The van der Waals surface area contributed by atoms with Gasteiger partial charge in [-0.05, 0) is 134 Å². The molecular weight excluding hydrogens is 867 g/mol. The Kier molecular flexibility index (Phi) is 25.4. The van der Waals surface area contributed by atoms with Crippen LogP contribution in [0.3, 0.4) is 0 Å². The van der Waals surface area contributed by atoms with Gasteiger partial charge in [0, 0.05) is 30.1 Å². The molecule has 0 saturated carbocycles. The number of carbonyl (C=O) groups excluding carboxylic acids is 7. The highest BCUT2D eigenvalue weighted by molar-refractivity contribution is 5.97. The van der Waals surface area contributed by atoms with E-state index < -0.39 is 90.1 Å². The molecule has 6 atom stereocenters. The van der Waals surface area contributed by atoms with E-state index in [1.54, 1.807) is 6.20 Å². The number of para-hydroxylation sites is 1. The highest BCUT2D eigenvalue weighted by atomic mass is 16.4. The molecule has 67 heavy (non-hydrogen) atoms. The number of unbranched alkanes of at least 4 members (excludes halogenated alkanes) is 4. The van der Waals surface area contributed by atoms with Gasteiger partial charge in [-0.15, -0.1) is 0 Å². The number of fused-ring (bicyclic) bond motifs is 1. The lowest BCUT2D eigenvalue weighted by Gasteiger charge is -2.36. The Bertz CT molecular complexity index is 1910. The van der Waals surface area contributed by atoms with Crippen LogP contribution in [0.25, 0.3) is 10.9 Å². The van der Waals surface area contributed by atoms with Gasteiger partial charge in [-0.3, -0.25) is 33.6 Å². The lowest BCUT2D eigenvalue weighted by atomic mass is 9.99. The van der Waals surface area contributed by atoms with Crippen molar-refractivity contribution in [3.63, 3.8) is 0 Å². The maximum absolute atomic E-state index is 14.4. The van der Waals surface area contributed by atoms with E-state index in [0.29, 0.717) is 96.0 Å². The molecular formula is C45H75N13O9. The molecule has 18 N–H and O–H groups in total. The van der Waals surface area contributed by atoms with Crippen LogP contribution in [0.4, 0.5) is 0 Å². The monoisotopic (exact) mass is 942 g/mol. The number of piperidine rings is 1. The molecule has 22 nitrogen and oxygen atoms in total. The number of nitrogens with two attached hydrogens (primary N) is 5. The molecule has 2 heterocycles. The molecule has 7 amide bonds. The van der Waals surface area contributed by atoms with Gasteiger partial charge in [0.05, 0.1) is 13.1 Å². The van der Waals surface area contributed by atoms with Crippen LogP contribution in [-0.2, 0) is 44.8 Å². The van der Waals surface area contributed by atoms with Gasteiger partial charge in [-0.25, -0.2) is 4.79 Å². The summed E-state index contributed by atoms with van der Waals surface area (Å²) < 4.78 is 0. The molecule has 374 valence electrons. The van der Waals surface area contributed by atoms with Gasteiger partial charge in [-0.2, -0.15) is 0 Å². The third-order valence-corrected chi connectivity index (χ3v) is 11.8. The highest BCUT2D eigenvalue weighted by Gasteiger charge is 2.36. The van der Waals surface area contributed by atoms with Crippen molar-refractivity contribution in [3.8, 4) is 0 Å². The number of carboxylic acids is 1. The molecule has 1 aliphatic rings. The molecule has 0 spiro atoms. The van der Waals surface area contributed by atoms with Crippen molar-refractivity contribution in [2.45, 2.75) is 139 Å². The summed E-state index contributed by atoms with van der Waals surface area (Å²) in [5, 5.41) is 26.8. The van der Waals surface area contributed by atoms with Gasteiger partial charge in [0.2, 0.25) is 41.4 Å². The molecule has 0 radical (unpaired) electrons. The minimum Gasteiger partial charge on any atom is -0.480 e. The highest BCUT2D eigenvalue weighted by Crippen LogP contribution is 2.21. The molecule has 1 aromatic heterocycles. The third kappa shape index (κ3) is 18.9. The molecule has 1 saturated heterocycles. The van der Waals surface area contributed by atoms with Crippen molar-refractivity contribution in [2.24, 2.45) is 28.7 Å². The predicted molar refractivity (Wildman–Crippen MR) is 252 cm³/mol. The second kappa shape index (κ2) is 30.6. The molecule has 22 heteroatoms. The van der Waals surface area contributed by atoms with Gasteiger partial charge < -0.3 is 75.6 Å². The second-order valence-electron chi connectivity index (χ2n) is 16.9. The number of hydrogen-bond acceptors (Lipinski definition) is 13. The van der Waals surface area contributed by atoms with Crippen LogP contribution < -0.4 is 60.6 Å². The summed E-state index contributed by atoms with van der Waals surface area (Å²) in [7, 11) is 0. The topological polar surface area (TPSA) is 378 Å². The standard InChI is InChI=1S/C45H75N13O9/c46-20-8-3-15-32(53-38(59)26-50)40(61)52-28-39(60)58-24-12-7-19-37(58)44(65)55-34(17-5-10-22-48)42(63)57-36(25-29-27-51-31-14-2-1-13-30(29)31)43(64)54-33(16-4-9-21-47)41(62)56-35(45(66)67)18-6-11-23-49/h1-2,13-14,27,32-37,51H,3-12,15-26,28,46-50H2,(H,52,61)(H,53,59)(H,54,64)(H,55,65)(H,56,62)(H,57,63)(H,66,67)/t32-,33-,34-,35-,36-,37-/m0/s1. The Balaban J connectivity index is 1.87. The summed E-state index contributed by atoms with van der Waals surface area (Å²) in [5.41, 5.74) is 29.6. The summed E-state index contributed by atoms with van der Waals surface area (Å²) in [5.74, 6) is -5.60. The maximum Gasteiger partial charge on any atom is 0.326 e. The fourth-order valence-corrected chi connectivity index (χ4v) is 7.99. The number of rotatable bonds is 32. The van der Waals surface area contributed by atoms with Crippen molar-refractivity contribution in [2.75, 3.05) is 45.8 Å². The number of aliphatic carboxylic acids is 1. The Morgan fingerprint density at radius 3 is 1.70 bits per heavy atom. The van der Waals surface area contributed by atoms with Crippen molar-refractivity contribution >= 4 is 58.2 Å². The van der Waals surface area contributed by atoms with Crippen LogP contribution in [0.1, 0.15) is 102 Å². The zero-order valence-corrected chi connectivity index (χ0v) is 38.7. The first-order valence-corrected chi connectivity index (χ1v) is 23.6. The first-order valence-electron chi connectivity index (χ1n) is 23.6. The molecule has 2 aromatic rings. The Hall–Kier alpha value is -5.68. The van der Waals surface area contributed by atoms with Crippen LogP contribution in [0, 0.1) is 0 Å². The zero-order chi connectivity index (χ0) is 49.1. The number of carbonyl (C=O) groups is 8. The fraction of sp³-hybridized carbons (Fsp3) is 0.644. The average Bonchev–Trinajstić information content (AvgIpc) is 3.73. The van der Waals surface area contributed by atoms with Crippen molar-refractivity contribution < 1.29 is 43.5 Å². The molecule has 3 rings (SSSR count). The molecule has 1 fully saturated rings. The minimum atomic E-state index is -1.28. The van der Waals surface area contributed by atoms with Crippen molar-refractivity contribution in [1.82, 2.24) is 41.8 Å². The first-order chi connectivity index (χ1) is 32.3. The second-order valence-corrected chi connectivity index (χ2v) is 16.9. The summed E-state index contributed by atoms with van der Waals surface area (Å²) >= 11 is 0. The van der Waals surface area contributed by atoms with Crippen molar-refractivity contribution in [1.29, 1.82) is 0 Å². The van der Waals surface area contributed by atoms with Crippen LogP contribution >= 0.6 is 0 Å². The van der Waals surface area contributed by atoms with Crippen LogP contribution in [0.5, 0.6) is 0 Å². The number of aromatic amines is 1. The lowest BCUT2D eigenvalue weighted by molar-refractivity contribution is -0.143. The summed E-state index contributed by atoms with van der Waals surface area (Å²) in [6, 6.07) is 0.616. The van der Waals surface area contributed by atoms with Crippen LogP contribution in [0.15, 0.2) is 30.5 Å². The Morgan fingerprint density at radius 1 is 0.627 bits per heavy atom. The van der Waals surface area contributed by atoms with Crippen LogP contribution in [0.2, 0.25) is 0 Å². The quantitative estimate of drug-likeness (QED) is 0.0360. The van der Waals surface area contributed by atoms with E-state index in [1.165, 1.54) is 4.90 Å². The van der Waals surface area contributed by atoms with E-state index >= 15 is 0 Å². The van der Waals surface area contributed by atoms with E-state index in [-0.39, 0.29) is 51.6 Å². The average molecular weight is 942 g/mol. The lowest BCUT2D eigenvalue weighted by Crippen LogP contribution is -2.60. The number of H-pyrrole nitrogens is 1.